The average molecular weight is 282 g/mol. The van der Waals surface area contributed by atoms with Gasteiger partial charge in [0, 0.05) is 57.4 Å². The number of piperazine rings is 1. The Bertz CT molecular complexity index is 562. The van der Waals surface area contributed by atoms with Crippen LogP contribution < -0.4 is 0 Å². The minimum Gasteiger partial charge on any atom is -0.296 e. The van der Waals surface area contributed by atoms with Crippen molar-refractivity contribution in [1.29, 1.82) is 0 Å². The summed E-state index contributed by atoms with van der Waals surface area (Å²) in [6.07, 6.45) is 3.74. The normalized spacial score (nSPS) is 17.0. The van der Waals surface area contributed by atoms with E-state index < -0.39 is 0 Å². The summed E-state index contributed by atoms with van der Waals surface area (Å²) in [5.41, 5.74) is 3.65. The van der Waals surface area contributed by atoms with E-state index in [9.17, 15) is 0 Å². The van der Waals surface area contributed by atoms with Gasteiger partial charge in [-0.25, -0.2) is 0 Å². The zero-order valence-corrected chi connectivity index (χ0v) is 12.6. The molecular formula is C17H22N4. The number of nitrogens with zero attached hydrogens (tertiary/aromatic N) is 4. The van der Waals surface area contributed by atoms with Crippen molar-refractivity contribution in [2.45, 2.75) is 20.0 Å². The number of hydrogen-bond acceptors (Lipinski definition) is 4. The van der Waals surface area contributed by atoms with Gasteiger partial charge in [0.25, 0.3) is 0 Å². The molecule has 21 heavy (non-hydrogen) atoms. The van der Waals surface area contributed by atoms with Gasteiger partial charge in [0.15, 0.2) is 0 Å². The van der Waals surface area contributed by atoms with Gasteiger partial charge in [0.05, 0.1) is 5.69 Å². The molecule has 0 aromatic carbocycles. The topological polar surface area (TPSA) is 32.3 Å². The molecule has 0 bridgehead atoms. The van der Waals surface area contributed by atoms with E-state index in [2.05, 4.69) is 44.9 Å². The van der Waals surface area contributed by atoms with Crippen LogP contribution in [0.5, 0.6) is 0 Å². The smallest absolute Gasteiger partial charge is 0.0543 e. The summed E-state index contributed by atoms with van der Waals surface area (Å²) in [5.74, 6) is 0. The van der Waals surface area contributed by atoms with E-state index >= 15 is 0 Å². The molecule has 0 unspecified atom stereocenters. The number of aryl methyl sites for hydroxylation is 1. The quantitative estimate of drug-likeness (QED) is 0.859. The Morgan fingerprint density at radius 3 is 2.24 bits per heavy atom. The molecule has 1 aliphatic heterocycles. The first-order valence-electron chi connectivity index (χ1n) is 7.56. The third-order valence-corrected chi connectivity index (χ3v) is 4.09. The first-order valence-corrected chi connectivity index (χ1v) is 7.56. The fourth-order valence-electron chi connectivity index (χ4n) is 2.75. The van der Waals surface area contributed by atoms with Crippen LogP contribution in [0.2, 0.25) is 0 Å². The SMILES string of the molecule is Cc1ncccc1CN1CCN(Cc2ccccn2)CC1. The Kier molecular flexibility index (Phi) is 4.58. The lowest BCUT2D eigenvalue weighted by Crippen LogP contribution is -2.45. The first-order chi connectivity index (χ1) is 10.3. The Balaban J connectivity index is 1.50. The molecule has 3 rings (SSSR count). The Labute approximate surface area is 126 Å². The van der Waals surface area contributed by atoms with Gasteiger partial charge in [0.2, 0.25) is 0 Å². The van der Waals surface area contributed by atoms with Crippen molar-refractivity contribution in [2.75, 3.05) is 26.2 Å². The minimum atomic E-state index is 0.959. The molecule has 0 spiro atoms. The summed E-state index contributed by atoms with van der Waals surface area (Å²) in [5, 5.41) is 0. The van der Waals surface area contributed by atoms with Crippen molar-refractivity contribution in [3.8, 4) is 0 Å². The molecule has 4 heteroatoms. The molecule has 1 fully saturated rings. The second-order valence-electron chi connectivity index (χ2n) is 5.62. The Morgan fingerprint density at radius 1 is 0.857 bits per heavy atom. The number of hydrogen-bond donors (Lipinski definition) is 0. The fourth-order valence-corrected chi connectivity index (χ4v) is 2.75. The van der Waals surface area contributed by atoms with Gasteiger partial charge >= 0.3 is 0 Å². The summed E-state index contributed by atoms with van der Waals surface area (Å²) >= 11 is 0. The van der Waals surface area contributed by atoms with Crippen LogP contribution in [0.15, 0.2) is 42.7 Å². The predicted molar refractivity (Wildman–Crippen MR) is 83.8 cm³/mol. The Morgan fingerprint density at radius 2 is 1.57 bits per heavy atom. The van der Waals surface area contributed by atoms with E-state index in [4.69, 9.17) is 0 Å². The standard InChI is InChI=1S/C17H22N4/c1-15-16(5-4-8-18-15)13-20-9-11-21(12-10-20)14-17-6-2-3-7-19-17/h2-8H,9-14H2,1H3. The largest absolute Gasteiger partial charge is 0.296 e. The zero-order valence-electron chi connectivity index (χ0n) is 12.6. The molecule has 1 aliphatic rings. The third-order valence-electron chi connectivity index (χ3n) is 4.09. The van der Waals surface area contributed by atoms with Gasteiger partial charge in [0.1, 0.15) is 0 Å². The predicted octanol–water partition coefficient (Wildman–Crippen LogP) is 2.10. The number of pyridine rings is 2. The van der Waals surface area contributed by atoms with Gasteiger partial charge in [-0.2, -0.15) is 0 Å². The summed E-state index contributed by atoms with van der Waals surface area (Å²) in [7, 11) is 0. The lowest BCUT2D eigenvalue weighted by atomic mass is 10.2. The van der Waals surface area contributed by atoms with Gasteiger partial charge in [-0.1, -0.05) is 12.1 Å². The molecule has 2 aromatic heterocycles. The molecule has 0 amide bonds. The minimum absolute atomic E-state index is 0.959. The molecule has 1 saturated heterocycles. The van der Waals surface area contributed by atoms with Gasteiger partial charge in [-0.05, 0) is 30.7 Å². The molecule has 4 nitrogen and oxygen atoms in total. The van der Waals surface area contributed by atoms with Crippen molar-refractivity contribution in [3.05, 3.63) is 59.7 Å². The highest BCUT2D eigenvalue weighted by Gasteiger charge is 2.17. The van der Waals surface area contributed by atoms with Crippen LogP contribution in [0.1, 0.15) is 17.0 Å². The molecule has 2 aromatic rings. The summed E-state index contributed by atoms with van der Waals surface area (Å²) < 4.78 is 0. The highest BCUT2D eigenvalue weighted by molar-refractivity contribution is 5.18. The second kappa shape index (κ2) is 6.78. The van der Waals surface area contributed by atoms with Crippen molar-refractivity contribution < 1.29 is 0 Å². The van der Waals surface area contributed by atoms with Gasteiger partial charge in [-0.15, -0.1) is 0 Å². The first kappa shape index (κ1) is 14.2. The van der Waals surface area contributed by atoms with Crippen LogP contribution in [0.4, 0.5) is 0 Å². The molecule has 3 heterocycles. The lowest BCUT2D eigenvalue weighted by molar-refractivity contribution is 0.121. The Hall–Kier alpha value is -1.78. The molecule has 0 N–H and O–H groups in total. The zero-order chi connectivity index (χ0) is 14.5. The maximum absolute atomic E-state index is 4.41. The molecule has 0 saturated carbocycles. The lowest BCUT2D eigenvalue weighted by Gasteiger charge is -2.34. The van der Waals surface area contributed by atoms with Crippen LogP contribution in [0.25, 0.3) is 0 Å². The maximum atomic E-state index is 4.41. The number of aromatic nitrogens is 2. The van der Waals surface area contributed by atoms with Crippen molar-refractivity contribution >= 4 is 0 Å². The molecule has 0 atom stereocenters. The maximum Gasteiger partial charge on any atom is 0.0543 e. The molecular weight excluding hydrogens is 260 g/mol. The summed E-state index contributed by atoms with van der Waals surface area (Å²) in [4.78, 5) is 13.8. The van der Waals surface area contributed by atoms with E-state index in [-0.39, 0.29) is 0 Å². The average Bonchev–Trinajstić information content (AvgIpc) is 2.52. The van der Waals surface area contributed by atoms with E-state index in [1.807, 2.05) is 24.5 Å². The highest BCUT2D eigenvalue weighted by Crippen LogP contribution is 2.12. The van der Waals surface area contributed by atoms with Crippen LogP contribution >= 0.6 is 0 Å². The van der Waals surface area contributed by atoms with E-state index in [1.165, 1.54) is 5.56 Å². The third kappa shape index (κ3) is 3.86. The number of rotatable bonds is 4. The monoisotopic (exact) mass is 282 g/mol. The van der Waals surface area contributed by atoms with Crippen LogP contribution in [0.3, 0.4) is 0 Å². The van der Waals surface area contributed by atoms with E-state index in [1.54, 1.807) is 0 Å². The molecule has 110 valence electrons. The fraction of sp³-hybridized carbons (Fsp3) is 0.412. The van der Waals surface area contributed by atoms with E-state index in [0.717, 1.165) is 50.7 Å². The molecule has 0 radical (unpaired) electrons. The van der Waals surface area contributed by atoms with Crippen molar-refractivity contribution in [3.63, 3.8) is 0 Å². The van der Waals surface area contributed by atoms with Crippen molar-refractivity contribution in [1.82, 2.24) is 19.8 Å². The highest BCUT2D eigenvalue weighted by atomic mass is 15.3. The van der Waals surface area contributed by atoms with Crippen LogP contribution in [-0.2, 0) is 13.1 Å². The van der Waals surface area contributed by atoms with Crippen molar-refractivity contribution in [2.24, 2.45) is 0 Å². The van der Waals surface area contributed by atoms with E-state index in [0.29, 0.717) is 0 Å². The summed E-state index contributed by atoms with van der Waals surface area (Å²) in [6, 6.07) is 10.3. The molecule has 0 aliphatic carbocycles. The van der Waals surface area contributed by atoms with Crippen LogP contribution in [0, 0.1) is 6.92 Å². The second-order valence-corrected chi connectivity index (χ2v) is 5.62. The van der Waals surface area contributed by atoms with Crippen LogP contribution in [-0.4, -0.2) is 45.9 Å². The summed E-state index contributed by atoms with van der Waals surface area (Å²) in [6.45, 7) is 8.50. The van der Waals surface area contributed by atoms with Gasteiger partial charge < -0.3 is 0 Å². The van der Waals surface area contributed by atoms with Gasteiger partial charge in [-0.3, -0.25) is 19.8 Å².